The molecule has 1 aromatic rings. The summed E-state index contributed by atoms with van der Waals surface area (Å²) in [6.45, 7) is 23.2. The number of carbonyl (C=O) groups excluding carboxylic acids is 1. The first-order valence-corrected chi connectivity index (χ1v) is 21.0. The van der Waals surface area contributed by atoms with Gasteiger partial charge in [0, 0.05) is 37.0 Å². The van der Waals surface area contributed by atoms with Gasteiger partial charge in [0.1, 0.15) is 0 Å². The third-order valence-corrected chi connectivity index (χ3v) is 10.2. The third kappa shape index (κ3) is 17.3. The average molecular weight is 819 g/mol. The van der Waals surface area contributed by atoms with Crippen molar-refractivity contribution in [3.63, 3.8) is 0 Å². The fourth-order valence-electron chi connectivity index (χ4n) is 7.55. The standard InChI is InChI=1S/C44H74N4O10/c1-41(2)31-37(32-42(3,4)47(41)50)35-28-36(38-33-43(5,6)48(51)44(7,8)34-38)30-39(29-35)46-40(49)45-14-12-10-11-13-15-53-18-19-55-22-23-57-26-27-58-25-24-56-21-20-54-17-16-52-9/h28-31,33H,10-27,32,34H2,1-9H3,(H2,45,46,49). The largest absolute Gasteiger partial charge is 0.382 e. The lowest BCUT2D eigenvalue weighted by atomic mass is 9.78. The van der Waals surface area contributed by atoms with Crippen molar-refractivity contribution in [1.82, 2.24) is 15.4 Å². The summed E-state index contributed by atoms with van der Waals surface area (Å²) in [7, 11) is 1.64. The fraction of sp³-hybridized carbons (Fsp3) is 0.750. The van der Waals surface area contributed by atoms with E-state index in [1.54, 1.807) is 7.11 Å². The van der Waals surface area contributed by atoms with Crippen LogP contribution in [0.5, 0.6) is 0 Å². The van der Waals surface area contributed by atoms with E-state index in [9.17, 15) is 15.2 Å². The molecule has 2 N–H and O–H groups in total. The van der Waals surface area contributed by atoms with Crippen LogP contribution in [0.3, 0.4) is 0 Å². The molecular formula is C44H74N4O10. The Morgan fingerprint density at radius 2 is 0.931 bits per heavy atom. The molecule has 2 heterocycles. The molecule has 0 bridgehead atoms. The first kappa shape index (κ1) is 49.9. The number of nitrogens with one attached hydrogen (secondary N) is 2. The number of benzene rings is 1. The van der Waals surface area contributed by atoms with Crippen molar-refractivity contribution in [3.05, 3.63) is 41.5 Å². The predicted octanol–water partition coefficient (Wildman–Crippen LogP) is 7.10. The van der Waals surface area contributed by atoms with Gasteiger partial charge >= 0.3 is 6.03 Å². The van der Waals surface area contributed by atoms with Gasteiger partial charge < -0.3 is 43.8 Å². The monoisotopic (exact) mass is 819 g/mol. The number of carbonyl (C=O) groups is 1. The van der Waals surface area contributed by atoms with Crippen LogP contribution in [-0.4, -0.2) is 138 Å². The minimum atomic E-state index is -0.693. The number of urea groups is 1. The van der Waals surface area contributed by atoms with E-state index in [2.05, 4.69) is 16.7 Å². The Kier molecular flexibility index (Phi) is 21.2. The smallest absolute Gasteiger partial charge is 0.319 e. The molecule has 2 radical (unpaired) electrons. The Labute approximate surface area is 348 Å². The van der Waals surface area contributed by atoms with Gasteiger partial charge in [-0.25, -0.2) is 4.79 Å². The molecule has 0 saturated carbocycles. The molecule has 330 valence electrons. The van der Waals surface area contributed by atoms with Crippen LogP contribution in [0.15, 0.2) is 30.4 Å². The highest BCUT2D eigenvalue weighted by molar-refractivity contribution is 5.91. The van der Waals surface area contributed by atoms with Gasteiger partial charge in [0.25, 0.3) is 0 Å². The molecular weight excluding hydrogens is 745 g/mol. The summed E-state index contributed by atoms with van der Waals surface area (Å²) in [6, 6.07) is 5.84. The van der Waals surface area contributed by atoms with Gasteiger partial charge in [-0.1, -0.05) is 25.0 Å². The quantitative estimate of drug-likeness (QED) is 0.0839. The van der Waals surface area contributed by atoms with Crippen LogP contribution in [-0.2, 0) is 43.6 Å². The van der Waals surface area contributed by atoms with Crippen LogP contribution in [0.25, 0.3) is 11.1 Å². The lowest BCUT2D eigenvalue weighted by Gasteiger charge is -2.46. The van der Waals surface area contributed by atoms with Crippen LogP contribution >= 0.6 is 0 Å². The Bertz CT molecular complexity index is 1360. The summed E-state index contributed by atoms with van der Waals surface area (Å²) < 4.78 is 37.9. The third-order valence-electron chi connectivity index (χ3n) is 10.2. The van der Waals surface area contributed by atoms with Crippen molar-refractivity contribution in [2.45, 2.75) is 116 Å². The van der Waals surface area contributed by atoms with E-state index in [1.807, 2.05) is 79.7 Å². The molecule has 0 fully saturated rings. The van der Waals surface area contributed by atoms with Crippen molar-refractivity contribution in [3.8, 4) is 0 Å². The molecule has 0 saturated heterocycles. The number of hydrogen-bond donors (Lipinski definition) is 2. The van der Waals surface area contributed by atoms with E-state index in [-0.39, 0.29) is 6.03 Å². The second kappa shape index (κ2) is 24.7. The van der Waals surface area contributed by atoms with E-state index in [4.69, 9.17) is 33.2 Å². The topological polar surface area (TPSA) is 152 Å². The molecule has 0 unspecified atom stereocenters. The number of hydroxylamine groups is 4. The van der Waals surface area contributed by atoms with Gasteiger partial charge in [-0.05, 0) is 122 Å². The van der Waals surface area contributed by atoms with Gasteiger partial charge in [-0.15, -0.1) is 20.5 Å². The SMILES string of the molecule is COCCOCCOCCOCCOCCOCCOCCCCCCNC(=O)Nc1cc(C2=CC(C)(C)N([O])C(C)(C)C2)cc(C2=CC(C)(C)N([O])C(C)(C)C2)c1. The zero-order valence-corrected chi connectivity index (χ0v) is 37.0. The first-order chi connectivity index (χ1) is 27.5. The van der Waals surface area contributed by atoms with Crippen molar-refractivity contribution < 1.29 is 48.4 Å². The Hall–Kier alpha value is -2.47. The van der Waals surface area contributed by atoms with Crippen molar-refractivity contribution in [1.29, 1.82) is 0 Å². The van der Waals surface area contributed by atoms with Crippen molar-refractivity contribution >= 4 is 22.9 Å². The molecule has 14 nitrogen and oxygen atoms in total. The Balaban J connectivity index is 1.32. The molecule has 3 rings (SSSR count). The second-order valence-electron chi connectivity index (χ2n) is 17.5. The summed E-state index contributed by atoms with van der Waals surface area (Å²) in [4.78, 5) is 13.1. The van der Waals surface area contributed by atoms with Crippen LogP contribution in [0, 0.1) is 0 Å². The number of hydrogen-bond acceptors (Lipinski definition) is 10. The maximum atomic E-state index is 13.1. The highest BCUT2D eigenvalue weighted by Crippen LogP contribution is 2.44. The number of anilines is 1. The first-order valence-electron chi connectivity index (χ1n) is 21.0. The molecule has 58 heavy (non-hydrogen) atoms. The van der Waals surface area contributed by atoms with Gasteiger partial charge in [-0.2, -0.15) is 0 Å². The van der Waals surface area contributed by atoms with Gasteiger partial charge in [0.15, 0.2) is 0 Å². The highest BCUT2D eigenvalue weighted by Gasteiger charge is 2.44. The van der Waals surface area contributed by atoms with Crippen LogP contribution in [0.4, 0.5) is 10.5 Å². The van der Waals surface area contributed by atoms with Gasteiger partial charge in [0.05, 0.1) is 90.4 Å². The molecule has 0 aromatic heterocycles. The van der Waals surface area contributed by atoms with E-state index in [0.717, 1.165) is 48.0 Å². The lowest BCUT2D eigenvalue weighted by Crippen LogP contribution is -2.54. The zero-order chi connectivity index (χ0) is 42.7. The fourth-order valence-corrected chi connectivity index (χ4v) is 7.55. The molecule has 1 aromatic carbocycles. The normalized spacial score (nSPS) is 18.8. The molecule has 14 heteroatoms. The number of unbranched alkanes of at least 4 members (excludes halogenated alkanes) is 3. The summed E-state index contributed by atoms with van der Waals surface area (Å²) >= 11 is 0. The van der Waals surface area contributed by atoms with Gasteiger partial charge in [0.2, 0.25) is 0 Å². The number of ether oxygens (including phenoxy) is 7. The van der Waals surface area contributed by atoms with E-state index < -0.39 is 22.2 Å². The van der Waals surface area contributed by atoms with E-state index >= 15 is 0 Å². The molecule has 0 atom stereocenters. The second-order valence-corrected chi connectivity index (χ2v) is 17.5. The maximum Gasteiger partial charge on any atom is 0.319 e. The summed E-state index contributed by atoms with van der Waals surface area (Å²) in [6.07, 6.45) is 8.99. The zero-order valence-electron chi connectivity index (χ0n) is 37.0. The Morgan fingerprint density at radius 1 is 0.552 bits per heavy atom. The van der Waals surface area contributed by atoms with E-state index in [1.165, 1.54) is 10.1 Å². The average Bonchev–Trinajstić information content (AvgIpc) is 3.15. The number of amides is 2. The number of nitrogens with zero attached hydrogens (tertiary/aromatic N) is 2. The number of methoxy groups -OCH3 is 1. The minimum absolute atomic E-state index is 0.268. The predicted molar refractivity (Wildman–Crippen MR) is 225 cm³/mol. The summed E-state index contributed by atoms with van der Waals surface area (Å²) in [5, 5.41) is 34.7. The molecule has 0 aliphatic carbocycles. The molecule has 2 amide bonds. The minimum Gasteiger partial charge on any atom is -0.382 e. The lowest BCUT2D eigenvalue weighted by molar-refractivity contribution is -0.260. The molecule has 2 aliphatic heterocycles. The Morgan fingerprint density at radius 3 is 1.33 bits per heavy atom. The van der Waals surface area contributed by atoms with Crippen molar-refractivity contribution in [2.24, 2.45) is 0 Å². The van der Waals surface area contributed by atoms with E-state index in [0.29, 0.717) is 111 Å². The van der Waals surface area contributed by atoms with Crippen LogP contribution in [0.1, 0.15) is 105 Å². The van der Waals surface area contributed by atoms with Crippen LogP contribution in [0.2, 0.25) is 0 Å². The summed E-state index contributed by atoms with van der Waals surface area (Å²) in [5.74, 6) is 0. The maximum absolute atomic E-state index is 13.1. The summed E-state index contributed by atoms with van der Waals surface area (Å²) in [5.41, 5.74) is 2.11. The van der Waals surface area contributed by atoms with Crippen molar-refractivity contribution in [2.75, 3.05) is 105 Å². The number of rotatable bonds is 28. The van der Waals surface area contributed by atoms with Crippen LogP contribution < -0.4 is 10.6 Å². The highest BCUT2D eigenvalue weighted by atomic mass is 16.6. The molecule has 2 aliphatic rings. The van der Waals surface area contributed by atoms with Gasteiger partial charge in [-0.3, -0.25) is 0 Å². The molecule has 0 spiro atoms.